The second-order valence-electron chi connectivity index (χ2n) is 6.86. The number of carbonyl (C=O) groups excluding carboxylic acids is 1. The summed E-state index contributed by atoms with van der Waals surface area (Å²) in [7, 11) is 1.49. The Morgan fingerprint density at radius 3 is 2.61 bits per heavy atom. The van der Waals surface area contributed by atoms with Crippen molar-refractivity contribution in [3.8, 4) is 16.9 Å². The van der Waals surface area contributed by atoms with Gasteiger partial charge in [0.2, 0.25) is 0 Å². The zero-order valence-corrected chi connectivity index (χ0v) is 15.4. The Bertz CT molecular complexity index is 1040. The molecular formula is C22H21FN2O3. The molecule has 1 fully saturated rings. The smallest absolute Gasteiger partial charge is 0.252 e. The fourth-order valence-electron chi connectivity index (χ4n) is 3.64. The van der Waals surface area contributed by atoms with E-state index >= 15 is 0 Å². The van der Waals surface area contributed by atoms with E-state index in [4.69, 9.17) is 4.74 Å². The third-order valence-electron chi connectivity index (χ3n) is 5.13. The van der Waals surface area contributed by atoms with Crippen LogP contribution in [-0.2, 0) is 0 Å². The van der Waals surface area contributed by atoms with Crippen LogP contribution in [0.2, 0.25) is 0 Å². The molecule has 1 aliphatic rings. The molecular weight excluding hydrogens is 359 g/mol. The summed E-state index contributed by atoms with van der Waals surface area (Å²) in [4.78, 5) is 12.8. The third-order valence-corrected chi connectivity index (χ3v) is 5.13. The quantitative estimate of drug-likeness (QED) is 0.651. The number of hydrogen-bond donors (Lipinski definition) is 3. The van der Waals surface area contributed by atoms with E-state index in [-0.39, 0.29) is 17.8 Å². The van der Waals surface area contributed by atoms with Crippen LogP contribution in [0.15, 0.2) is 54.6 Å². The van der Waals surface area contributed by atoms with Gasteiger partial charge >= 0.3 is 0 Å². The van der Waals surface area contributed by atoms with Gasteiger partial charge < -0.3 is 20.5 Å². The van der Waals surface area contributed by atoms with Crippen molar-refractivity contribution in [3.05, 3.63) is 66.0 Å². The van der Waals surface area contributed by atoms with E-state index in [2.05, 4.69) is 10.6 Å². The third kappa shape index (κ3) is 3.32. The Morgan fingerprint density at radius 2 is 1.89 bits per heavy atom. The number of amides is 1. The van der Waals surface area contributed by atoms with Crippen LogP contribution < -0.4 is 15.4 Å². The molecule has 3 aromatic rings. The van der Waals surface area contributed by atoms with Crippen LogP contribution in [0.1, 0.15) is 10.4 Å². The Morgan fingerprint density at radius 1 is 1.11 bits per heavy atom. The number of halogens is 1. The monoisotopic (exact) mass is 380 g/mol. The highest BCUT2D eigenvalue weighted by Crippen LogP contribution is 2.33. The second kappa shape index (κ2) is 7.58. The van der Waals surface area contributed by atoms with E-state index in [1.54, 1.807) is 24.3 Å². The van der Waals surface area contributed by atoms with Gasteiger partial charge in [0.15, 0.2) is 0 Å². The summed E-state index contributed by atoms with van der Waals surface area (Å²) >= 11 is 0. The van der Waals surface area contributed by atoms with Crippen LogP contribution in [-0.4, -0.2) is 43.4 Å². The van der Waals surface area contributed by atoms with E-state index in [0.29, 0.717) is 35.5 Å². The minimum Gasteiger partial charge on any atom is -0.497 e. The second-order valence-corrected chi connectivity index (χ2v) is 6.86. The van der Waals surface area contributed by atoms with Crippen molar-refractivity contribution >= 4 is 16.7 Å². The van der Waals surface area contributed by atoms with Crippen molar-refractivity contribution in [2.24, 2.45) is 0 Å². The summed E-state index contributed by atoms with van der Waals surface area (Å²) in [5.74, 6) is -0.196. The number of hydrogen-bond acceptors (Lipinski definition) is 4. The Hall–Kier alpha value is -2.96. The van der Waals surface area contributed by atoms with E-state index in [1.807, 2.05) is 24.3 Å². The van der Waals surface area contributed by atoms with Crippen LogP contribution in [0.25, 0.3) is 21.9 Å². The summed E-state index contributed by atoms with van der Waals surface area (Å²) in [6, 6.07) is 15.3. The average molecular weight is 380 g/mol. The Labute approximate surface area is 162 Å². The van der Waals surface area contributed by atoms with Gasteiger partial charge in [-0.3, -0.25) is 4.79 Å². The molecule has 0 aliphatic carbocycles. The van der Waals surface area contributed by atoms with E-state index < -0.39 is 6.10 Å². The molecule has 0 bridgehead atoms. The highest BCUT2D eigenvalue weighted by molar-refractivity contribution is 6.10. The number of aliphatic hydroxyl groups is 1. The van der Waals surface area contributed by atoms with E-state index in [0.717, 1.165) is 10.8 Å². The lowest BCUT2D eigenvalue weighted by atomic mass is 9.95. The number of rotatable bonds is 4. The van der Waals surface area contributed by atoms with Crippen molar-refractivity contribution in [1.82, 2.24) is 10.6 Å². The number of carbonyl (C=O) groups is 1. The number of ether oxygens (including phenoxy) is 1. The average Bonchev–Trinajstić information content (AvgIpc) is 3.11. The molecule has 3 N–H and O–H groups in total. The topological polar surface area (TPSA) is 70.6 Å². The van der Waals surface area contributed by atoms with Crippen molar-refractivity contribution in [2.45, 2.75) is 12.1 Å². The first kappa shape index (κ1) is 18.4. The standard InChI is InChI=1S/C22H21FN2O3/c1-28-13-8-9-17(19(23)10-13)15-5-2-6-16-14(15)4-3-7-18(16)22(27)25-20-11-24-12-21(20)26/h2-10,20-21,24,26H,11-12H2,1H3,(H,25,27)/t20-,21+/m0/s1. The molecule has 2 atom stereocenters. The molecule has 0 saturated carbocycles. The number of nitrogens with one attached hydrogen (secondary N) is 2. The van der Waals surface area contributed by atoms with Gasteiger partial charge in [-0.2, -0.15) is 0 Å². The summed E-state index contributed by atoms with van der Waals surface area (Å²) < 4.78 is 19.7. The van der Waals surface area contributed by atoms with Crippen molar-refractivity contribution < 1.29 is 19.0 Å². The Balaban J connectivity index is 1.75. The summed E-state index contributed by atoms with van der Waals surface area (Å²) in [5, 5.41) is 17.4. The first-order chi connectivity index (χ1) is 13.6. The van der Waals surface area contributed by atoms with Gasteiger partial charge in [0.05, 0.1) is 19.3 Å². The van der Waals surface area contributed by atoms with Gasteiger partial charge in [-0.25, -0.2) is 4.39 Å². The minimum absolute atomic E-state index is 0.259. The van der Waals surface area contributed by atoms with Gasteiger partial charge in [-0.05, 0) is 34.5 Å². The lowest BCUT2D eigenvalue weighted by molar-refractivity contribution is 0.0890. The van der Waals surface area contributed by atoms with Gasteiger partial charge in [0, 0.05) is 30.3 Å². The minimum atomic E-state index is -0.608. The first-order valence-corrected chi connectivity index (χ1v) is 9.14. The largest absolute Gasteiger partial charge is 0.497 e. The van der Waals surface area contributed by atoms with E-state index in [9.17, 15) is 14.3 Å². The van der Waals surface area contributed by atoms with Gasteiger partial charge in [-0.15, -0.1) is 0 Å². The number of benzene rings is 3. The van der Waals surface area contributed by atoms with Gasteiger partial charge in [0.25, 0.3) is 5.91 Å². The molecule has 0 spiro atoms. The summed E-state index contributed by atoms with van der Waals surface area (Å²) in [6.07, 6.45) is -0.608. The number of fused-ring (bicyclic) bond motifs is 1. The van der Waals surface area contributed by atoms with E-state index in [1.165, 1.54) is 13.2 Å². The number of methoxy groups -OCH3 is 1. The normalized spacial score (nSPS) is 19.0. The van der Waals surface area contributed by atoms with Crippen LogP contribution in [0.4, 0.5) is 4.39 Å². The van der Waals surface area contributed by atoms with Crippen LogP contribution >= 0.6 is 0 Å². The van der Waals surface area contributed by atoms with Crippen LogP contribution in [0, 0.1) is 5.82 Å². The van der Waals surface area contributed by atoms with Crippen molar-refractivity contribution in [1.29, 1.82) is 0 Å². The molecule has 28 heavy (non-hydrogen) atoms. The Kier molecular flexibility index (Phi) is 4.98. The number of β-amino-alcohol motifs (C(OH)–C–C–N with tert-alkyl or cyclic N) is 1. The fraction of sp³-hybridized carbons (Fsp3) is 0.227. The van der Waals surface area contributed by atoms with Gasteiger partial charge in [-0.1, -0.05) is 30.3 Å². The lowest BCUT2D eigenvalue weighted by Gasteiger charge is -2.17. The summed E-state index contributed by atoms with van der Waals surface area (Å²) in [6.45, 7) is 0.987. The maximum absolute atomic E-state index is 14.6. The van der Waals surface area contributed by atoms with Crippen molar-refractivity contribution in [2.75, 3.05) is 20.2 Å². The lowest BCUT2D eigenvalue weighted by Crippen LogP contribution is -2.42. The molecule has 1 amide bonds. The fourth-order valence-corrected chi connectivity index (χ4v) is 3.64. The molecule has 3 aromatic carbocycles. The molecule has 1 heterocycles. The van der Waals surface area contributed by atoms with Crippen LogP contribution in [0.5, 0.6) is 5.75 Å². The molecule has 6 heteroatoms. The maximum Gasteiger partial charge on any atom is 0.252 e. The predicted molar refractivity (Wildman–Crippen MR) is 106 cm³/mol. The molecule has 0 radical (unpaired) electrons. The van der Waals surface area contributed by atoms with Crippen molar-refractivity contribution in [3.63, 3.8) is 0 Å². The van der Waals surface area contributed by atoms with Crippen LogP contribution in [0.3, 0.4) is 0 Å². The molecule has 0 aromatic heterocycles. The highest BCUT2D eigenvalue weighted by Gasteiger charge is 2.27. The predicted octanol–water partition coefficient (Wildman–Crippen LogP) is 2.72. The molecule has 4 rings (SSSR count). The molecule has 1 aliphatic heterocycles. The number of aliphatic hydroxyl groups excluding tert-OH is 1. The molecule has 1 saturated heterocycles. The van der Waals surface area contributed by atoms with Gasteiger partial charge in [0.1, 0.15) is 11.6 Å². The molecule has 144 valence electrons. The SMILES string of the molecule is COc1ccc(-c2cccc3c(C(=O)N[C@H]4CNC[C@H]4O)cccc23)c(F)c1. The highest BCUT2D eigenvalue weighted by atomic mass is 19.1. The molecule has 5 nitrogen and oxygen atoms in total. The first-order valence-electron chi connectivity index (χ1n) is 9.14. The zero-order chi connectivity index (χ0) is 19.7. The summed E-state index contributed by atoms with van der Waals surface area (Å²) in [5.41, 5.74) is 1.64. The molecule has 0 unspecified atom stereocenters. The zero-order valence-electron chi connectivity index (χ0n) is 15.4. The maximum atomic E-state index is 14.6.